The van der Waals surface area contributed by atoms with Crippen LogP contribution in [0.25, 0.3) is 5.69 Å². The number of hydrogen-bond acceptors (Lipinski definition) is 5. The van der Waals surface area contributed by atoms with Gasteiger partial charge in [0.15, 0.2) is 6.10 Å². The van der Waals surface area contributed by atoms with Crippen molar-refractivity contribution in [3.05, 3.63) is 77.9 Å². The Bertz CT molecular complexity index is 885. The molecule has 0 saturated carbocycles. The predicted molar refractivity (Wildman–Crippen MR) is 96.4 cm³/mol. The van der Waals surface area contributed by atoms with Crippen LogP contribution in [0, 0.1) is 0 Å². The fourth-order valence-corrected chi connectivity index (χ4v) is 2.51. The molecule has 0 bridgehead atoms. The van der Waals surface area contributed by atoms with Gasteiger partial charge in [-0.3, -0.25) is 4.79 Å². The Balaban J connectivity index is 1.65. The normalized spacial score (nSPS) is 11.8. The summed E-state index contributed by atoms with van der Waals surface area (Å²) in [5.74, 6) is -0.763. The number of hydrogen-bond donors (Lipinski definition) is 0. The molecule has 0 unspecified atom stereocenters. The molecule has 6 heteroatoms. The molecule has 26 heavy (non-hydrogen) atoms. The van der Waals surface area contributed by atoms with Crippen LogP contribution in [0.4, 0.5) is 0 Å². The molecule has 0 radical (unpaired) electrons. The fourth-order valence-electron chi connectivity index (χ4n) is 2.51. The molecule has 3 rings (SSSR count). The molecule has 1 aromatic heterocycles. The smallest absolute Gasteiger partial charge is 0.338 e. The number of rotatable bonds is 6. The van der Waals surface area contributed by atoms with Crippen molar-refractivity contribution < 1.29 is 14.3 Å². The minimum atomic E-state index is -0.857. The summed E-state index contributed by atoms with van der Waals surface area (Å²) in [4.78, 5) is 28.6. The van der Waals surface area contributed by atoms with E-state index in [0.717, 1.165) is 17.7 Å². The van der Waals surface area contributed by atoms with Crippen molar-refractivity contribution in [1.82, 2.24) is 14.8 Å². The summed E-state index contributed by atoms with van der Waals surface area (Å²) >= 11 is 0. The molecule has 0 aliphatic rings. The highest BCUT2D eigenvalue weighted by Crippen LogP contribution is 2.13. The van der Waals surface area contributed by atoms with Gasteiger partial charge in [-0.05, 0) is 43.2 Å². The van der Waals surface area contributed by atoms with Crippen LogP contribution in [-0.2, 0) is 11.2 Å². The molecule has 0 saturated heterocycles. The molecule has 0 aliphatic carbocycles. The maximum Gasteiger partial charge on any atom is 0.338 e. The monoisotopic (exact) mass is 349 g/mol. The first-order chi connectivity index (χ1) is 12.6. The third-order valence-electron chi connectivity index (χ3n) is 4.09. The van der Waals surface area contributed by atoms with E-state index in [-0.39, 0.29) is 5.78 Å². The first-order valence-corrected chi connectivity index (χ1v) is 8.37. The third kappa shape index (κ3) is 3.85. The third-order valence-corrected chi connectivity index (χ3v) is 4.09. The molecule has 0 fully saturated rings. The molecule has 3 aromatic rings. The molecule has 0 aliphatic heterocycles. The van der Waals surface area contributed by atoms with Gasteiger partial charge in [-0.15, -0.1) is 0 Å². The minimum absolute atomic E-state index is 0.222. The Morgan fingerprint density at radius 3 is 2.27 bits per heavy atom. The van der Waals surface area contributed by atoms with Crippen LogP contribution in [0.1, 0.15) is 40.1 Å². The Morgan fingerprint density at radius 1 is 1.04 bits per heavy atom. The summed E-state index contributed by atoms with van der Waals surface area (Å²) in [5, 5.41) is 4.02. The average molecular weight is 349 g/mol. The van der Waals surface area contributed by atoms with Gasteiger partial charge < -0.3 is 4.74 Å². The lowest BCUT2D eigenvalue weighted by Crippen LogP contribution is -2.24. The topological polar surface area (TPSA) is 74.1 Å². The Labute approximate surface area is 151 Å². The highest BCUT2D eigenvalue weighted by molar-refractivity contribution is 6.01. The summed E-state index contributed by atoms with van der Waals surface area (Å²) < 4.78 is 6.90. The first kappa shape index (κ1) is 17.5. The Kier molecular flexibility index (Phi) is 5.22. The zero-order valence-corrected chi connectivity index (χ0v) is 14.6. The lowest BCUT2D eigenvalue weighted by Gasteiger charge is -2.13. The van der Waals surface area contributed by atoms with E-state index in [2.05, 4.69) is 17.0 Å². The number of benzene rings is 2. The number of carbonyl (C=O) groups excluding carboxylic acids is 2. The number of Topliss-reactive ketones (excluding diaryl/α,β-unsaturated/α-hetero) is 1. The molecule has 2 aromatic carbocycles. The zero-order chi connectivity index (χ0) is 18.5. The number of carbonyl (C=O) groups is 2. The van der Waals surface area contributed by atoms with Gasteiger partial charge >= 0.3 is 5.97 Å². The van der Waals surface area contributed by atoms with E-state index in [1.807, 2.05) is 12.1 Å². The highest BCUT2D eigenvalue weighted by atomic mass is 16.5. The van der Waals surface area contributed by atoms with E-state index in [1.165, 1.54) is 6.33 Å². The molecular formula is C20H19N3O3. The van der Waals surface area contributed by atoms with E-state index in [0.29, 0.717) is 11.1 Å². The number of ketones is 1. The van der Waals surface area contributed by atoms with Crippen molar-refractivity contribution >= 4 is 11.8 Å². The molecule has 1 atom stereocenters. The van der Waals surface area contributed by atoms with Gasteiger partial charge in [0.1, 0.15) is 12.7 Å². The van der Waals surface area contributed by atoms with E-state index in [9.17, 15) is 9.59 Å². The van der Waals surface area contributed by atoms with Crippen LogP contribution >= 0.6 is 0 Å². The summed E-state index contributed by atoms with van der Waals surface area (Å²) in [5.41, 5.74) is 2.83. The van der Waals surface area contributed by atoms with E-state index < -0.39 is 12.1 Å². The largest absolute Gasteiger partial charge is 0.451 e. The lowest BCUT2D eigenvalue weighted by atomic mass is 10.0. The van der Waals surface area contributed by atoms with Gasteiger partial charge in [0.25, 0.3) is 0 Å². The molecule has 0 amide bonds. The standard InChI is InChI=1S/C20H19N3O3/c1-3-15-4-6-16(7-5-15)19(24)14(2)26-20(25)17-8-10-18(11-9-17)23-13-21-12-22-23/h4-14H,3H2,1-2H3/t14-/m1/s1. The predicted octanol–water partition coefficient (Wildman–Crippen LogP) is 3.26. The Morgan fingerprint density at radius 2 is 1.69 bits per heavy atom. The lowest BCUT2D eigenvalue weighted by molar-refractivity contribution is 0.0319. The zero-order valence-electron chi connectivity index (χ0n) is 14.6. The molecule has 132 valence electrons. The molecule has 1 heterocycles. The maximum absolute atomic E-state index is 12.4. The van der Waals surface area contributed by atoms with Crippen molar-refractivity contribution in [3.8, 4) is 5.69 Å². The number of esters is 1. The van der Waals surface area contributed by atoms with Crippen LogP contribution in [0.2, 0.25) is 0 Å². The van der Waals surface area contributed by atoms with Crippen molar-refractivity contribution in [1.29, 1.82) is 0 Å². The maximum atomic E-state index is 12.4. The van der Waals surface area contributed by atoms with Gasteiger partial charge in [0, 0.05) is 5.56 Å². The van der Waals surface area contributed by atoms with Crippen LogP contribution in [-0.4, -0.2) is 32.6 Å². The van der Waals surface area contributed by atoms with Gasteiger partial charge in [-0.25, -0.2) is 14.5 Å². The van der Waals surface area contributed by atoms with E-state index in [1.54, 1.807) is 54.3 Å². The minimum Gasteiger partial charge on any atom is -0.451 e. The first-order valence-electron chi connectivity index (χ1n) is 8.37. The highest BCUT2D eigenvalue weighted by Gasteiger charge is 2.20. The fraction of sp³-hybridized carbons (Fsp3) is 0.200. The van der Waals surface area contributed by atoms with Crippen LogP contribution in [0.3, 0.4) is 0 Å². The number of nitrogens with zero attached hydrogens (tertiary/aromatic N) is 3. The number of aromatic nitrogens is 3. The van der Waals surface area contributed by atoms with Gasteiger partial charge in [0.2, 0.25) is 5.78 Å². The molecule has 6 nitrogen and oxygen atoms in total. The summed E-state index contributed by atoms with van der Waals surface area (Å²) in [6.45, 7) is 3.63. The van der Waals surface area contributed by atoms with Crippen molar-refractivity contribution in [2.24, 2.45) is 0 Å². The van der Waals surface area contributed by atoms with Crippen LogP contribution < -0.4 is 0 Å². The van der Waals surface area contributed by atoms with E-state index >= 15 is 0 Å². The van der Waals surface area contributed by atoms with Crippen LogP contribution in [0.5, 0.6) is 0 Å². The second kappa shape index (κ2) is 7.74. The van der Waals surface area contributed by atoms with Gasteiger partial charge in [-0.2, -0.15) is 5.10 Å². The quantitative estimate of drug-likeness (QED) is 0.504. The molecule has 0 N–H and O–H groups in total. The van der Waals surface area contributed by atoms with Crippen molar-refractivity contribution in [3.63, 3.8) is 0 Å². The summed E-state index contributed by atoms with van der Waals surface area (Å²) in [6, 6.07) is 14.1. The average Bonchev–Trinajstić information content (AvgIpc) is 3.22. The van der Waals surface area contributed by atoms with Crippen LogP contribution in [0.15, 0.2) is 61.2 Å². The van der Waals surface area contributed by atoms with E-state index in [4.69, 9.17) is 4.74 Å². The van der Waals surface area contributed by atoms with Gasteiger partial charge in [0.05, 0.1) is 11.3 Å². The number of ether oxygens (including phenoxy) is 1. The second-order valence-corrected chi connectivity index (χ2v) is 5.85. The summed E-state index contributed by atoms with van der Waals surface area (Å²) in [6.07, 6.45) is 3.05. The molecular weight excluding hydrogens is 330 g/mol. The SMILES string of the molecule is CCc1ccc(C(=O)[C@@H](C)OC(=O)c2ccc(-n3cncn3)cc2)cc1. The Hall–Kier alpha value is -3.28. The summed E-state index contributed by atoms with van der Waals surface area (Å²) in [7, 11) is 0. The molecule has 0 spiro atoms. The van der Waals surface area contributed by atoms with Crippen molar-refractivity contribution in [2.75, 3.05) is 0 Å². The van der Waals surface area contributed by atoms with Gasteiger partial charge in [-0.1, -0.05) is 31.2 Å². The van der Waals surface area contributed by atoms with Crippen molar-refractivity contribution in [2.45, 2.75) is 26.4 Å². The number of aryl methyl sites for hydroxylation is 1. The second-order valence-electron chi connectivity index (χ2n) is 5.85.